The number of carbonyl (C=O) groups excluding carboxylic acids is 1. The van der Waals surface area contributed by atoms with Crippen LogP contribution in [0, 0.1) is 6.92 Å². The highest BCUT2D eigenvalue weighted by Gasteiger charge is 2.19. The molecule has 0 aromatic carbocycles. The second kappa shape index (κ2) is 7.02. The van der Waals surface area contributed by atoms with Crippen LogP contribution in [-0.2, 0) is 9.47 Å². The number of hydrogen-bond donors (Lipinski definition) is 1. The number of anilines is 1. The van der Waals surface area contributed by atoms with Crippen molar-refractivity contribution in [2.45, 2.75) is 25.9 Å². The Morgan fingerprint density at radius 3 is 2.91 bits per heavy atom. The van der Waals surface area contributed by atoms with Crippen molar-refractivity contribution >= 4 is 11.7 Å². The van der Waals surface area contributed by atoms with Crippen molar-refractivity contribution < 1.29 is 14.3 Å². The fraction of sp³-hybridized carbons (Fsp3) is 0.667. The van der Waals surface area contributed by atoms with Gasteiger partial charge in [-0.3, -0.25) is 4.79 Å². The normalized spacial score (nSPS) is 21.9. The summed E-state index contributed by atoms with van der Waals surface area (Å²) in [5.41, 5.74) is 0.409. The van der Waals surface area contributed by atoms with E-state index in [0.29, 0.717) is 31.3 Å². The summed E-state index contributed by atoms with van der Waals surface area (Å²) in [4.78, 5) is 23.1. The lowest BCUT2D eigenvalue weighted by atomic mass is 10.2. The van der Waals surface area contributed by atoms with Crippen molar-refractivity contribution in [1.29, 1.82) is 0 Å². The first-order valence-corrected chi connectivity index (χ1v) is 7.80. The Labute approximate surface area is 130 Å². The molecule has 2 aliphatic heterocycles. The number of ether oxygens (including phenoxy) is 2. The van der Waals surface area contributed by atoms with Gasteiger partial charge >= 0.3 is 0 Å². The van der Waals surface area contributed by atoms with Crippen molar-refractivity contribution in [3.8, 4) is 0 Å². The second-order valence-electron chi connectivity index (χ2n) is 5.60. The molecule has 0 radical (unpaired) electrons. The minimum Gasteiger partial charge on any atom is -0.378 e. The lowest BCUT2D eigenvalue weighted by Crippen LogP contribution is -2.37. The standard InChI is InChI=1S/C15H22N4O3/c1-11-17-13(15(20)16-10-12-3-2-6-22-12)9-14(18-11)19-4-7-21-8-5-19/h9,12H,2-8,10H2,1H3,(H,16,20). The minimum atomic E-state index is -0.171. The molecule has 1 atom stereocenters. The van der Waals surface area contributed by atoms with Crippen LogP contribution in [0.3, 0.4) is 0 Å². The summed E-state index contributed by atoms with van der Waals surface area (Å²) in [6, 6.07) is 1.75. The van der Waals surface area contributed by atoms with Gasteiger partial charge in [-0.1, -0.05) is 0 Å². The zero-order chi connectivity index (χ0) is 15.4. The minimum absolute atomic E-state index is 0.130. The molecule has 120 valence electrons. The molecule has 0 aliphatic carbocycles. The van der Waals surface area contributed by atoms with E-state index in [2.05, 4.69) is 20.2 Å². The number of aromatic nitrogens is 2. The summed E-state index contributed by atoms with van der Waals surface area (Å²) < 4.78 is 10.9. The lowest BCUT2D eigenvalue weighted by molar-refractivity contribution is 0.0853. The summed E-state index contributed by atoms with van der Waals surface area (Å²) in [7, 11) is 0. The van der Waals surface area contributed by atoms with Crippen molar-refractivity contribution in [1.82, 2.24) is 15.3 Å². The molecule has 22 heavy (non-hydrogen) atoms. The average Bonchev–Trinajstić information content (AvgIpc) is 3.06. The van der Waals surface area contributed by atoms with E-state index in [1.165, 1.54) is 0 Å². The van der Waals surface area contributed by atoms with E-state index in [4.69, 9.17) is 9.47 Å². The van der Waals surface area contributed by atoms with E-state index in [9.17, 15) is 4.79 Å². The van der Waals surface area contributed by atoms with E-state index in [-0.39, 0.29) is 12.0 Å². The molecule has 7 nitrogen and oxygen atoms in total. The Morgan fingerprint density at radius 2 is 2.18 bits per heavy atom. The fourth-order valence-corrected chi connectivity index (χ4v) is 2.73. The summed E-state index contributed by atoms with van der Waals surface area (Å²) >= 11 is 0. The quantitative estimate of drug-likeness (QED) is 0.874. The summed E-state index contributed by atoms with van der Waals surface area (Å²) in [5.74, 6) is 1.22. The third-order valence-electron chi connectivity index (χ3n) is 3.91. The van der Waals surface area contributed by atoms with E-state index < -0.39 is 0 Å². The Hall–Kier alpha value is -1.73. The molecule has 3 heterocycles. The van der Waals surface area contributed by atoms with Gasteiger partial charge in [-0.2, -0.15) is 0 Å². The van der Waals surface area contributed by atoms with Gasteiger partial charge in [-0.25, -0.2) is 9.97 Å². The zero-order valence-corrected chi connectivity index (χ0v) is 12.9. The Kier molecular flexibility index (Phi) is 4.84. The zero-order valence-electron chi connectivity index (χ0n) is 12.9. The van der Waals surface area contributed by atoms with Crippen LogP contribution in [0.15, 0.2) is 6.07 Å². The van der Waals surface area contributed by atoms with Gasteiger partial charge in [-0.15, -0.1) is 0 Å². The predicted octanol–water partition coefficient (Wildman–Crippen LogP) is 0.530. The fourth-order valence-electron chi connectivity index (χ4n) is 2.73. The number of amides is 1. The predicted molar refractivity (Wildman–Crippen MR) is 81.1 cm³/mol. The molecule has 2 aliphatic rings. The van der Waals surface area contributed by atoms with Crippen LogP contribution in [0.25, 0.3) is 0 Å². The van der Waals surface area contributed by atoms with Gasteiger partial charge in [0.05, 0.1) is 19.3 Å². The number of morpholine rings is 1. The highest BCUT2D eigenvalue weighted by atomic mass is 16.5. The SMILES string of the molecule is Cc1nc(C(=O)NCC2CCCO2)cc(N2CCOCC2)n1. The molecule has 0 saturated carbocycles. The van der Waals surface area contributed by atoms with E-state index in [1.54, 1.807) is 13.0 Å². The maximum absolute atomic E-state index is 12.3. The van der Waals surface area contributed by atoms with Gasteiger partial charge in [0.25, 0.3) is 5.91 Å². The third-order valence-corrected chi connectivity index (χ3v) is 3.91. The number of nitrogens with zero attached hydrogens (tertiary/aromatic N) is 3. The van der Waals surface area contributed by atoms with Gasteiger partial charge in [-0.05, 0) is 19.8 Å². The molecule has 1 aromatic rings. The number of nitrogens with one attached hydrogen (secondary N) is 1. The smallest absolute Gasteiger partial charge is 0.270 e. The van der Waals surface area contributed by atoms with E-state index >= 15 is 0 Å². The maximum Gasteiger partial charge on any atom is 0.270 e. The first kappa shape index (κ1) is 15.2. The molecule has 0 bridgehead atoms. The molecule has 2 fully saturated rings. The van der Waals surface area contributed by atoms with Gasteiger partial charge in [0.15, 0.2) is 0 Å². The van der Waals surface area contributed by atoms with E-state index in [1.807, 2.05) is 0 Å². The number of hydrogen-bond acceptors (Lipinski definition) is 6. The summed E-state index contributed by atoms with van der Waals surface area (Å²) in [6.45, 7) is 6.07. The molecule has 1 N–H and O–H groups in total. The lowest BCUT2D eigenvalue weighted by Gasteiger charge is -2.28. The van der Waals surface area contributed by atoms with Gasteiger partial charge in [0.1, 0.15) is 17.3 Å². The largest absolute Gasteiger partial charge is 0.378 e. The molecular weight excluding hydrogens is 284 g/mol. The van der Waals surface area contributed by atoms with Crippen molar-refractivity contribution in [2.24, 2.45) is 0 Å². The van der Waals surface area contributed by atoms with Crippen LogP contribution in [-0.4, -0.2) is 61.4 Å². The topological polar surface area (TPSA) is 76.6 Å². The first-order chi connectivity index (χ1) is 10.7. The maximum atomic E-state index is 12.3. The number of rotatable bonds is 4. The number of aryl methyl sites for hydroxylation is 1. The highest BCUT2D eigenvalue weighted by molar-refractivity contribution is 5.93. The van der Waals surface area contributed by atoms with Crippen LogP contribution >= 0.6 is 0 Å². The van der Waals surface area contributed by atoms with Crippen LogP contribution in [0.2, 0.25) is 0 Å². The molecule has 7 heteroatoms. The van der Waals surface area contributed by atoms with Crippen molar-refractivity contribution in [2.75, 3.05) is 44.4 Å². The Morgan fingerprint density at radius 1 is 1.36 bits per heavy atom. The molecule has 2 saturated heterocycles. The summed E-state index contributed by atoms with van der Waals surface area (Å²) in [5, 5.41) is 2.90. The molecule has 1 unspecified atom stereocenters. The van der Waals surface area contributed by atoms with Crippen LogP contribution in [0.4, 0.5) is 5.82 Å². The molecule has 1 aromatic heterocycles. The molecular formula is C15H22N4O3. The Bertz CT molecular complexity index is 526. The second-order valence-corrected chi connectivity index (χ2v) is 5.60. The Balaban J connectivity index is 1.66. The molecule has 0 spiro atoms. The third kappa shape index (κ3) is 3.72. The summed E-state index contributed by atoms with van der Waals surface area (Å²) in [6.07, 6.45) is 2.20. The molecule has 3 rings (SSSR count). The average molecular weight is 306 g/mol. The monoisotopic (exact) mass is 306 g/mol. The number of carbonyl (C=O) groups is 1. The van der Waals surface area contributed by atoms with Gasteiger partial charge < -0.3 is 19.7 Å². The van der Waals surface area contributed by atoms with Crippen molar-refractivity contribution in [3.05, 3.63) is 17.6 Å². The van der Waals surface area contributed by atoms with Crippen LogP contribution < -0.4 is 10.2 Å². The van der Waals surface area contributed by atoms with Crippen LogP contribution in [0.5, 0.6) is 0 Å². The van der Waals surface area contributed by atoms with Gasteiger partial charge in [0.2, 0.25) is 0 Å². The van der Waals surface area contributed by atoms with Crippen molar-refractivity contribution in [3.63, 3.8) is 0 Å². The molecule has 1 amide bonds. The highest BCUT2D eigenvalue weighted by Crippen LogP contribution is 2.15. The van der Waals surface area contributed by atoms with E-state index in [0.717, 1.165) is 38.4 Å². The first-order valence-electron chi connectivity index (χ1n) is 7.80. The van der Waals surface area contributed by atoms with Crippen LogP contribution in [0.1, 0.15) is 29.2 Å². The van der Waals surface area contributed by atoms with Gasteiger partial charge in [0, 0.05) is 32.3 Å².